The molecule has 0 N–H and O–H groups in total. The maximum Gasteiger partial charge on any atom is 0.307 e. The molecule has 0 saturated carbocycles. The lowest BCUT2D eigenvalue weighted by atomic mass is 10.2. The van der Waals surface area contributed by atoms with E-state index in [1.807, 2.05) is 42.5 Å². The van der Waals surface area contributed by atoms with Gasteiger partial charge in [-0.15, -0.1) is 5.11 Å². The van der Waals surface area contributed by atoms with Gasteiger partial charge in [-0.1, -0.05) is 60.1 Å². The molecule has 0 aliphatic heterocycles. The van der Waals surface area contributed by atoms with Crippen LogP contribution in [0.2, 0.25) is 10.0 Å². The maximum atomic E-state index is 12.1. The molecule has 0 atom stereocenters. The van der Waals surface area contributed by atoms with Crippen molar-refractivity contribution in [2.45, 2.75) is 19.9 Å². The number of carbonyl (C=O) groups excluding carboxylic acids is 1. The number of nitrogens with zero attached hydrogens (tertiary/aromatic N) is 4. The van der Waals surface area contributed by atoms with Crippen LogP contribution in [0.5, 0.6) is 0 Å². The summed E-state index contributed by atoms with van der Waals surface area (Å²) < 4.78 is 5.22. The van der Waals surface area contributed by atoms with Gasteiger partial charge in [0.15, 0.2) is 0 Å². The van der Waals surface area contributed by atoms with Gasteiger partial charge in [0.05, 0.1) is 27.1 Å². The first-order chi connectivity index (χ1) is 17.2. The van der Waals surface area contributed by atoms with Crippen molar-refractivity contribution in [1.29, 1.82) is 0 Å². The molecule has 3 rings (SSSR count). The zero-order chi connectivity index (χ0) is 26.1. The molecule has 3 aromatic rings. The van der Waals surface area contributed by atoms with E-state index in [9.17, 15) is 14.9 Å². The SMILES string of the molecule is C=C(C)COC(=O)CCN(Cc1ccccc1)c1ccc(N=Nc2c(Cl)cc([N+](=O)[O-])cc2Cl)cc1. The number of halogens is 2. The quantitative estimate of drug-likeness (QED) is 0.0832. The van der Waals surface area contributed by atoms with Gasteiger partial charge >= 0.3 is 5.97 Å². The highest BCUT2D eigenvalue weighted by molar-refractivity contribution is 6.39. The third kappa shape index (κ3) is 7.90. The maximum absolute atomic E-state index is 12.1. The Morgan fingerprint density at radius 1 is 1.06 bits per heavy atom. The topological polar surface area (TPSA) is 97.4 Å². The Kier molecular flexibility index (Phi) is 9.55. The summed E-state index contributed by atoms with van der Waals surface area (Å²) in [5.41, 5.74) is 3.22. The minimum Gasteiger partial charge on any atom is -0.461 e. The van der Waals surface area contributed by atoms with Crippen LogP contribution < -0.4 is 4.90 Å². The Labute approximate surface area is 219 Å². The molecule has 0 radical (unpaired) electrons. The predicted octanol–water partition coefficient (Wildman–Crippen LogP) is 7.83. The molecule has 0 unspecified atom stereocenters. The fraction of sp³-hybridized carbons (Fsp3) is 0.192. The Morgan fingerprint density at radius 2 is 1.69 bits per heavy atom. The van der Waals surface area contributed by atoms with Crippen LogP contribution in [-0.4, -0.2) is 24.0 Å². The Bertz CT molecular complexity index is 1240. The van der Waals surface area contributed by atoms with Crippen molar-refractivity contribution in [3.63, 3.8) is 0 Å². The van der Waals surface area contributed by atoms with Crippen molar-refractivity contribution in [3.05, 3.63) is 105 Å². The second-order valence-electron chi connectivity index (χ2n) is 8.01. The van der Waals surface area contributed by atoms with Gasteiger partial charge in [-0.05, 0) is 42.3 Å². The number of hydrogen-bond acceptors (Lipinski definition) is 7. The zero-order valence-electron chi connectivity index (χ0n) is 19.6. The average molecular weight is 527 g/mol. The van der Waals surface area contributed by atoms with E-state index in [4.69, 9.17) is 27.9 Å². The number of carbonyl (C=O) groups is 1. The summed E-state index contributed by atoms with van der Waals surface area (Å²) in [6.07, 6.45) is 0.221. The number of nitro groups is 1. The van der Waals surface area contributed by atoms with Crippen LogP contribution in [0.4, 0.5) is 22.7 Å². The number of azo groups is 1. The summed E-state index contributed by atoms with van der Waals surface area (Å²) in [4.78, 5) is 24.6. The number of rotatable bonds is 11. The van der Waals surface area contributed by atoms with E-state index in [0.29, 0.717) is 18.8 Å². The van der Waals surface area contributed by atoms with E-state index in [1.165, 1.54) is 12.1 Å². The molecule has 0 aromatic heterocycles. The molecule has 186 valence electrons. The number of anilines is 1. The van der Waals surface area contributed by atoms with E-state index in [2.05, 4.69) is 21.7 Å². The van der Waals surface area contributed by atoms with Crippen LogP contribution in [-0.2, 0) is 16.1 Å². The highest BCUT2D eigenvalue weighted by atomic mass is 35.5. The summed E-state index contributed by atoms with van der Waals surface area (Å²) in [6, 6.07) is 19.5. The summed E-state index contributed by atoms with van der Waals surface area (Å²) >= 11 is 12.2. The molecule has 3 aromatic carbocycles. The van der Waals surface area contributed by atoms with Gasteiger partial charge in [0.25, 0.3) is 5.69 Å². The van der Waals surface area contributed by atoms with Crippen molar-refractivity contribution in [1.82, 2.24) is 0 Å². The Morgan fingerprint density at radius 3 is 2.28 bits per heavy atom. The summed E-state index contributed by atoms with van der Waals surface area (Å²) in [6.45, 7) is 6.81. The van der Waals surface area contributed by atoms with Crippen LogP contribution in [0.15, 0.2) is 89.1 Å². The Hall–Kier alpha value is -3.75. The Balaban J connectivity index is 1.75. The average Bonchev–Trinajstić information content (AvgIpc) is 2.85. The molecule has 0 saturated heterocycles. The van der Waals surface area contributed by atoms with Crippen molar-refractivity contribution in [2.24, 2.45) is 10.2 Å². The third-order valence-electron chi connectivity index (χ3n) is 4.97. The highest BCUT2D eigenvalue weighted by Gasteiger charge is 2.15. The lowest BCUT2D eigenvalue weighted by Gasteiger charge is -2.25. The molecule has 0 spiro atoms. The predicted molar refractivity (Wildman–Crippen MR) is 142 cm³/mol. The van der Waals surface area contributed by atoms with E-state index in [1.54, 1.807) is 19.1 Å². The molecule has 10 heteroatoms. The monoisotopic (exact) mass is 526 g/mol. The summed E-state index contributed by atoms with van der Waals surface area (Å²) in [5.74, 6) is -0.293. The summed E-state index contributed by atoms with van der Waals surface area (Å²) in [5, 5.41) is 19.2. The minimum atomic E-state index is -0.585. The number of hydrogen-bond donors (Lipinski definition) is 0. The molecule has 0 fully saturated rings. The molecule has 0 aliphatic rings. The van der Waals surface area contributed by atoms with Crippen molar-refractivity contribution in [3.8, 4) is 0 Å². The molecular formula is C26H24Cl2N4O4. The van der Waals surface area contributed by atoms with E-state index >= 15 is 0 Å². The molecular weight excluding hydrogens is 503 g/mol. The van der Waals surface area contributed by atoms with Gasteiger partial charge in [0, 0.05) is 30.9 Å². The number of benzene rings is 3. The van der Waals surface area contributed by atoms with Crippen LogP contribution in [0.25, 0.3) is 0 Å². The third-order valence-corrected chi connectivity index (χ3v) is 5.55. The van der Waals surface area contributed by atoms with Crippen LogP contribution in [0, 0.1) is 10.1 Å². The smallest absolute Gasteiger partial charge is 0.307 e. The van der Waals surface area contributed by atoms with Crippen LogP contribution in [0.1, 0.15) is 18.9 Å². The molecule has 0 amide bonds. The van der Waals surface area contributed by atoms with Crippen LogP contribution in [0.3, 0.4) is 0 Å². The van der Waals surface area contributed by atoms with Gasteiger partial charge in [-0.2, -0.15) is 5.11 Å². The fourth-order valence-electron chi connectivity index (χ4n) is 3.20. The standard InChI is InChI=1S/C26H24Cl2N4O4/c1-18(2)17-36-25(33)12-13-31(16-19-6-4-3-5-7-19)21-10-8-20(9-11-21)29-30-26-23(27)14-22(32(34)35)15-24(26)28/h3-11,14-15H,1,12-13,16-17H2,2H3. The molecule has 0 heterocycles. The normalized spacial score (nSPS) is 10.9. The van der Waals surface area contributed by atoms with Crippen molar-refractivity contribution < 1.29 is 14.5 Å². The molecule has 36 heavy (non-hydrogen) atoms. The highest BCUT2D eigenvalue weighted by Crippen LogP contribution is 2.38. The minimum absolute atomic E-state index is 0.0298. The van der Waals surface area contributed by atoms with Crippen molar-refractivity contribution >= 4 is 51.9 Å². The molecule has 0 bridgehead atoms. The van der Waals surface area contributed by atoms with Crippen molar-refractivity contribution in [2.75, 3.05) is 18.1 Å². The van der Waals surface area contributed by atoms with Gasteiger partial charge in [-0.25, -0.2) is 0 Å². The first-order valence-electron chi connectivity index (χ1n) is 11.0. The number of ether oxygens (including phenoxy) is 1. The number of esters is 1. The number of nitro benzene ring substituents is 1. The number of non-ortho nitro benzene ring substituents is 1. The van der Waals surface area contributed by atoms with E-state index < -0.39 is 4.92 Å². The fourth-order valence-corrected chi connectivity index (χ4v) is 3.75. The molecule has 8 nitrogen and oxygen atoms in total. The molecule has 0 aliphatic carbocycles. The first kappa shape index (κ1) is 26.8. The largest absolute Gasteiger partial charge is 0.461 e. The lowest BCUT2D eigenvalue weighted by Crippen LogP contribution is -2.26. The van der Waals surface area contributed by atoms with E-state index in [0.717, 1.165) is 16.8 Å². The zero-order valence-corrected chi connectivity index (χ0v) is 21.1. The van der Waals surface area contributed by atoms with Gasteiger partial charge in [0.2, 0.25) is 0 Å². The van der Waals surface area contributed by atoms with Gasteiger partial charge in [-0.3, -0.25) is 14.9 Å². The van der Waals surface area contributed by atoms with E-state index in [-0.39, 0.29) is 40.4 Å². The second kappa shape index (κ2) is 12.8. The van der Waals surface area contributed by atoms with Crippen LogP contribution >= 0.6 is 23.2 Å². The summed E-state index contributed by atoms with van der Waals surface area (Å²) in [7, 11) is 0. The second-order valence-corrected chi connectivity index (χ2v) is 8.82. The first-order valence-corrected chi connectivity index (χ1v) is 11.7. The lowest BCUT2D eigenvalue weighted by molar-refractivity contribution is -0.384. The van der Waals surface area contributed by atoms with Gasteiger partial charge < -0.3 is 9.64 Å². The van der Waals surface area contributed by atoms with Gasteiger partial charge in [0.1, 0.15) is 12.3 Å².